The van der Waals surface area contributed by atoms with Gasteiger partial charge in [-0.3, -0.25) is 9.59 Å². The highest BCUT2D eigenvalue weighted by atomic mass is 32.2. The molecule has 1 aromatic carbocycles. The zero-order chi connectivity index (χ0) is 26.8. The minimum Gasteiger partial charge on any atom is -0.390 e. The standard InChI is InChI=1S/C24H39F2N3O5S/c1-5-6-9-35(33,34)15-22(28-17(4)30)24(32)29(8-7-16(2)3)14-23(31)21(27)12-18-10-19(25)13-20(26)11-18/h10-11,13,16,21-23,31H,5-9,12,14-15,27H2,1-4H3,(H,28,30)/t21-,22+,23+/m0/s1. The van der Waals surface area contributed by atoms with Crippen molar-refractivity contribution < 1.29 is 31.9 Å². The number of halogens is 2. The van der Waals surface area contributed by atoms with E-state index in [4.69, 9.17) is 5.73 Å². The van der Waals surface area contributed by atoms with E-state index >= 15 is 0 Å². The lowest BCUT2D eigenvalue weighted by Crippen LogP contribution is -2.55. The summed E-state index contributed by atoms with van der Waals surface area (Å²) in [5.41, 5.74) is 6.33. The van der Waals surface area contributed by atoms with E-state index in [2.05, 4.69) is 5.32 Å². The number of unbranched alkanes of at least 4 members (excludes halogenated alkanes) is 1. The van der Waals surface area contributed by atoms with Crippen LogP contribution >= 0.6 is 0 Å². The third-order valence-corrected chi connectivity index (χ3v) is 7.24. The summed E-state index contributed by atoms with van der Waals surface area (Å²) in [5.74, 6) is -3.16. The zero-order valence-corrected chi connectivity index (χ0v) is 21.8. The van der Waals surface area contributed by atoms with Crippen LogP contribution in [0.4, 0.5) is 8.78 Å². The molecule has 0 aliphatic heterocycles. The van der Waals surface area contributed by atoms with Gasteiger partial charge in [0.2, 0.25) is 11.8 Å². The smallest absolute Gasteiger partial charge is 0.246 e. The van der Waals surface area contributed by atoms with Gasteiger partial charge in [-0.15, -0.1) is 0 Å². The van der Waals surface area contributed by atoms with Crippen LogP contribution in [-0.2, 0) is 25.8 Å². The molecule has 0 bridgehead atoms. The van der Waals surface area contributed by atoms with E-state index in [1.807, 2.05) is 20.8 Å². The molecule has 11 heteroatoms. The third-order valence-electron chi connectivity index (χ3n) is 5.49. The van der Waals surface area contributed by atoms with Crippen LogP contribution in [-0.4, -0.2) is 73.0 Å². The van der Waals surface area contributed by atoms with E-state index in [0.717, 1.165) is 18.2 Å². The van der Waals surface area contributed by atoms with E-state index in [1.165, 1.54) is 11.8 Å². The number of sulfone groups is 1. The average molecular weight is 520 g/mol. The SMILES string of the molecule is CCCCS(=O)(=O)C[C@@H](NC(C)=O)C(=O)N(CCC(C)C)C[C@@H](O)[C@@H](N)Cc1cc(F)cc(F)c1. The molecule has 0 fully saturated rings. The predicted molar refractivity (Wildman–Crippen MR) is 131 cm³/mol. The number of aliphatic hydroxyl groups is 1. The van der Waals surface area contributed by atoms with Crippen LogP contribution < -0.4 is 11.1 Å². The molecule has 0 unspecified atom stereocenters. The fraction of sp³-hybridized carbons (Fsp3) is 0.667. The number of carbonyl (C=O) groups excluding carboxylic acids is 2. The average Bonchev–Trinajstić information content (AvgIpc) is 2.72. The van der Waals surface area contributed by atoms with Gasteiger partial charge in [0.15, 0.2) is 9.84 Å². The number of rotatable bonds is 15. The first kappa shape index (κ1) is 30.9. The zero-order valence-electron chi connectivity index (χ0n) is 21.0. The fourth-order valence-corrected chi connectivity index (χ4v) is 5.17. The number of hydrogen-bond donors (Lipinski definition) is 3. The summed E-state index contributed by atoms with van der Waals surface area (Å²) in [6.07, 6.45) is 0.375. The molecule has 0 saturated carbocycles. The number of nitrogens with one attached hydrogen (secondary N) is 1. The van der Waals surface area contributed by atoms with Crippen molar-refractivity contribution in [2.24, 2.45) is 11.7 Å². The van der Waals surface area contributed by atoms with Crippen molar-refractivity contribution >= 4 is 21.7 Å². The second-order valence-electron chi connectivity index (χ2n) is 9.40. The van der Waals surface area contributed by atoms with Crippen LogP contribution in [0.5, 0.6) is 0 Å². The van der Waals surface area contributed by atoms with Crippen LogP contribution in [0.2, 0.25) is 0 Å². The molecule has 8 nitrogen and oxygen atoms in total. The van der Waals surface area contributed by atoms with Crippen molar-refractivity contribution in [3.63, 3.8) is 0 Å². The van der Waals surface area contributed by atoms with E-state index in [1.54, 1.807) is 0 Å². The van der Waals surface area contributed by atoms with Gasteiger partial charge in [0.05, 0.1) is 17.6 Å². The number of benzene rings is 1. The Balaban J connectivity index is 3.06. The molecule has 0 aliphatic rings. The van der Waals surface area contributed by atoms with Crippen LogP contribution in [0.3, 0.4) is 0 Å². The van der Waals surface area contributed by atoms with E-state index in [-0.39, 0.29) is 36.7 Å². The number of nitrogens with zero attached hydrogens (tertiary/aromatic N) is 1. The van der Waals surface area contributed by atoms with Gasteiger partial charge in [0, 0.05) is 32.1 Å². The molecule has 0 spiro atoms. The lowest BCUT2D eigenvalue weighted by atomic mass is 10.0. The maximum atomic E-state index is 13.5. The first-order valence-corrected chi connectivity index (χ1v) is 13.7. The summed E-state index contributed by atoms with van der Waals surface area (Å²) >= 11 is 0. The van der Waals surface area contributed by atoms with Crippen molar-refractivity contribution in [3.8, 4) is 0 Å². The Kier molecular flexibility index (Phi) is 12.8. The number of aliphatic hydroxyl groups excluding tert-OH is 1. The van der Waals surface area contributed by atoms with E-state index in [0.29, 0.717) is 19.3 Å². The number of amides is 2. The highest BCUT2D eigenvalue weighted by Gasteiger charge is 2.32. The lowest BCUT2D eigenvalue weighted by molar-refractivity contribution is -0.137. The normalized spacial score (nSPS) is 14.4. The monoisotopic (exact) mass is 519 g/mol. The van der Waals surface area contributed by atoms with Gasteiger partial charge in [-0.1, -0.05) is 27.2 Å². The summed E-state index contributed by atoms with van der Waals surface area (Å²) in [6, 6.07) is 0.714. The number of nitrogens with two attached hydrogens (primary N) is 1. The predicted octanol–water partition coefficient (Wildman–Crippen LogP) is 1.79. The summed E-state index contributed by atoms with van der Waals surface area (Å²) in [5, 5.41) is 13.1. The van der Waals surface area contributed by atoms with Crippen molar-refractivity contribution in [3.05, 3.63) is 35.4 Å². The largest absolute Gasteiger partial charge is 0.390 e. The Labute approximate surface area is 207 Å². The molecule has 0 aliphatic carbocycles. The molecule has 2 amide bonds. The quantitative estimate of drug-likeness (QED) is 0.324. The van der Waals surface area contributed by atoms with Crippen molar-refractivity contribution in [1.29, 1.82) is 0 Å². The molecular formula is C24H39F2N3O5S. The number of hydrogen-bond acceptors (Lipinski definition) is 6. The van der Waals surface area contributed by atoms with Crippen molar-refractivity contribution in [2.45, 2.75) is 71.6 Å². The molecule has 4 N–H and O–H groups in total. The van der Waals surface area contributed by atoms with E-state index < -0.39 is 57.2 Å². The minimum absolute atomic E-state index is 0.0391. The maximum Gasteiger partial charge on any atom is 0.246 e. The van der Waals surface area contributed by atoms with Crippen LogP contribution in [0.1, 0.15) is 52.5 Å². The molecule has 0 saturated heterocycles. The first-order chi connectivity index (χ1) is 16.2. The summed E-state index contributed by atoms with van der Waals surface area (Å²) in [4.78, 5) is 26.4. The van der Waals surface area contributed by atoms with Gasteiger partial charge in [0.25, 0.3) is 0 Å². The van der Waals surface area contributed by atoms with Crippen molar-refractivity contribution in [1.82, 2.24) is 10.2 Å². The van der Waals surface area contributed by atoms with Crippen LogP contribution in [0.15, 0.2) is 18.2 Å². The molecule has 200 valence electrons. The van der Waals surface area contributed by atoms with Crippen LogP contribution in [0.25, 0.3) is 0 Å². The Bertz CT molecular complexity index is 923. The molecule has 1 aromatic rings. The number of carbonyl (C=O) groups is 2. The molecule has 0 heterocycles. The Morgan fingerprint density at radius 2 is 1.77 bits per heavy atom. The summed E-state index contributed by atoms with van der Waals surface area (Å²) in [6.45, 7) is 6.92. The Morgan fingerprint density at radius 3 is 2.29 bits per heavy atom. The first-order valence-electron chi connectivity index (χ1n) is 11.9. The van der Waals surface area contributed by atoms with Gasteiger partial charge in [-0.2, -0.15) is 0 Å². The maximum absolute atomic E-state index is 13.5. The topological polar surface area (TPSA) is 130 Å². The van der Waals surface area contributed by atoms with Crippen LogP contribution in [0, 0.1) is 17.6 Å². The van der Waals surface area contributed by atoms with Gasteiger partial charge >= 0.3 is 0 Å². The van der Waals surface area contributed by atoms with Gasteiger partial charge in [0.1, 0.15) is 17.7 Å². The molecule has 35 heavy (non-hydrogen) atoms. The Hall–Kier alpha value is -2.11. The molecule has 0 radical (unpaired) electrons. The second-order valence-corrected chi connectivity index (χ2v) is 11.6. The van der Waals surface area contributed by atoms with Crippen molar-refractivity contribution in [2.75, 3.05) is 24.6 Å². The molecule has 0 aromatic heterocycles. The summed E-state index contributed by atoms with van der Waals surface area (Å²) < 4.78 is 52.0. The summed E-state index contributed by atoms with van der Waals surface area (Å²) in [7, 11) is -3.61. The second kappa shape index (κ2) is 14.4. The fourth-order valence-electron chi connectivity index (χ4n) is 3.55. The van der Waals surface area contributed by atoms with E-state index in [9.17, 15) is 31.9 Å². The highest BCUT2D eigenvalue weighted by molar-refractivity contribution is 7.91. The molecular weight excluding hydrogens is 480 g/mol. The van der Waals surface area contributed by atoms with Gasteiger partial charge in [-0.05, 0) is 42.9 Å². The highest BCUT2D eigenvalue weighted by Crippen LogP contribution is 2.13. The minimum atomic E-state index is -3.61. The molecule has 1 rings (SSSR count). The van der Waals surface area contributed by atoms with Gasteiger partial charge in [-0.25, -0.2) is 17.2 Å². The van der Waals surface area contributed by atoms with Gasteiger partial charge < -0.3 is 21.1 Å². The Morgan fingerprint density at radius 1 is 1.17 bits per heavy atom. The third kappa shape index (κ3) is 11.9. The molecule has 3 atom stereocenters. The lowest BCUT2D eigenvalue weighted by Gasteiger charge is -2.31.